The van der Waals surface area contributed by atoms with E-state index in [2.05, 4.69) is 20.7 Å². The van der Waals surface area contributed by atoms with E-state index in [4.69, 9.17) is 4.74 Å². The van der Waals surface area contributed by atoms with Crippen molar-refractivity contribution >= 4 is 37.3 Å². The average Bonchev–Trinajstić information content (AvgIpc) is 2.82. The molecule has 1 aromatic heterocycles. The lowest BCUT2D eigenvalue weighted by Crippen LogP contribution is -2.27. The van der Waals surface area contributed by atoms with Gasteiger partial charge in [0.1, 0.15) is 16.6 Å². The molecule has 4 nitrogen and oxygen atoms in total. The summed E-state index contributed by atoms with van der Waals surface area (Å²) in [7, 11) is -3.47. The largest absolute Gasteiger partial charge is 0.492 e. The van der Waals surface area contributed by atoms with Gasteiger partial charge in [0.2, 0.25) is 0 Å². The number of thiophene rings is 1. The molecule has 0 atom stereocenters. The average molecular weight is 376 g/mol. The fourth-order valence-electron chi connectivity index (χ4n) is 1.59. The Labute approximate surface area is 131 Å². The lowest BCUT2D eigenvalue weighted by atomic mass is 10.2. The van der Waals surface area contributed by atoms with Gasteiger partial charge in [0.15, 0.2) is 0 Å². The predicted molar refractivity (Wildman–Crippen MR) is 83.9 cm³/mol. The summed E-state index contributed by atoms with van der Waals surface area (Å²) in [5.74, 6) is 0.738. The van der Waals surface area contributed by atoms with Crippen LogP contribution in [0.5, 0.6) is 5.75 Å². The normalized spacial score (nSPS) is 11.5. The number of halogens is 1. The number of hydrogen-bond acceptors (Lipinski definition) is 4. The van der Waals surface area contributed by atoms with Crippen molar-refractivity contribution in [1.82, 2.24) is 4.72 Å². The third-order valence-corrected chi connectivity index (χ3v) is 6.61. The van der Waals surface area contributed by atoms with Gasteiger partial charge in [-0.25, -0.2) is 13.1 Å². The van der Waals surface area contributed by atoms with Crippen molar-refractivity contribution in [1.29, 1.82) is 0 Å². The van der Waals surface area contributed by atoms with Crippen molar-refractivity contribution in [2.45, 2.75) is 11.1 Å². The maximum absolute atomic E-state index is 12.0. The summed E-state index contributed by atoms with van der Waals surface area (Å²) < 4.78 is 32.9. The number of hydrogen-bond donors (Lipinski definition) is 1. The molecule has 0 unspecified atom stereocenters. The number of nitrogens with one attached hydrogen (secondary N) is 1. The molecule has 2 rings (SSSR count). The summed E-state index contributed by atoms with van der Waals surface area (Å²) in [4.78, 5) is 0. The second-order valence-corrected chi connectivity index (χ2v) is 7.85. The Morgan fingerprint density at radius 2 is 2.15 bits per heavy atom. The van der Waals surface area contributed by atoms with Crippen molar-refractivity contribution in [3.63, 3.8) is 0 Å². The molecule has 108 valence electrons. The van der Waals surface area contributed by atoms with Gasteiger partial charge in [0, 0.05) is 11.0 Å². The molecule has 0 fully saturated rings. The Balaban J connectivity index is 1.86. The molecule has 0 saturated carbocycles. The molecular weight excluding hydrogens is 362 g/mol. The molecule has 1 aromatic carbocycles. The number of aryl methyl sites for hydroxylation is 1. The fourth-order valence-corrected chi connectivity index (χ4v) is 4.98. The lowest BCUT2D eigenvalue weighted by Gasteiger charge is -2.08. The first kappa shape index (κ1) is 15.5. The number of rotatable bonds is 6. The monoisotopic (exact) mass is 375 g/mol. The SMILES string of the molecule is Cc1cccc(OCCNS(=O)(=O)c2sccc2Br)c1. The molecule has 1 N–H and O–H groups in total. The zero-order valence-corrected chi connectivity index (χ0v) is 14.0. The molecule has 0 spiro atoms. The van der Waals surface area contributed by atoms with Gasteiger partial charge in [0.25, 0.3) is 10.0 Å². The first-order valence-electron chi connectivity index (χ1n) is 5.91. The van der Waals surface area contributed by atoms with E-state index < -0.39 is 10.0 Å². The molecular formula is C13H14BrNO3S2. The predicted octanol–water partition coefficient (Wildman–Crippen LogP) is 3.18. The highest BCUT2D eigenvalue weighted by Gasteiger charge is 2.18. The Hall–Kier alpha value is -0.890. The first-order chi connectivity index (χ1) is 9.49. The Morgan fingerprint density at radius 1 is 1.35 bits per heavy atom. The van der Waals surface area contributed by atoms with E-state index in [1.807, 2.05) is 31.2 Å². The topological polar surface area (TPSA) is 55.4 Å². The third kappa shape index (κ3) is 4.05. The Bertz CT molecular complexity index is 682. The van der Waals surface area contributed by atoms with Crippen LogP contribution in [-0.2, 0) is 10.0 Å². The van der Waals surface area contributed by atoms with Gasteiger partial charge in [-0.3, -0.25) is 0 Å². The molecule has 2 aromatic rings. The van der Waals surface area contributed by atoms with Crippen LogP contribution in [0.4, 0.5) is 0 Å². The quantitative estimate of drug-likeness (QED) is 0.788. The molecule has 0 aliphatic heterocycles. The maximum atomic E-state index is 12.0. The van der Waals surface area contributed by atoms with E-state index in [9.17, 15) is 8.42 Å². The maximum Gasteiger partial charge on any atom is 0.251 e. The molecule has 20 heavy (non-hydrogen) atoms. The summed E-state index contributed by atoms with van der Waals surface area (Å²) >= 11 is 4.39. The van der Waals surface area contributed by atoms with Crippen LogP contribution < -0.4 is 9.46 Å². The van der Waals surface area contributed by atoms with Crippen molar-refractivity contribution in [2.24, 2.45) is 0 Å². The molecule has 0 aliphatic carbocycles. The van der Waals surface area contributed by atoms with Crippen molar-refractivity contribution in [3.8, 4) is 5.75 Å². The van der Waals surface area contributed by atoms with Crippen LogP contribution in [0.25, 0.3) is 0 Å². The number of sulfonamides is 1. The second kappa shape index (κ2) is 6.71. The Kier molecular flexibility index (Phi) is 5.20. The first-order valence-corrected chi connectivity index (χ1v) is 9.07. The molecule has 0 saturated heterocycles. The summed E-state index contributed by atoms with van der Waals surface area (Å²) in [6.07, 6.45) is 0. The second-order valence-electron chi connectivity index (χ2n) is 4.12. The van der Waals surface area contributed by atoms with Gasteiger partial charge in [-0.15, -0.1) is 11.3 Å². The van der Waals surface area contributed by atoms with Crippen LogP contribution >= 0.6 is 27.3 Å². The highest BCUT2D eigenvalue weighted by Crippen LogP contribution is 2.27. The minimum Gasteiger partial charge on any atom is -0.492 e. The van der Waals surface area contributed by atoms with Crippen LogP contribution in [0.2, 0.25) is 0 Å². The lowest BCUT2D eigenvalue weighted by molar-refractivity contribution is 0.322. The van der Waals surface area contributed by atoms with Crippen molar-refractivity contribution in [2.75, 3.05) is 13.2 Å². The van der Waals surface area contributed by atoms with Gasteiger partial charge < -0.3 is 4.74 Å². The van der Waals surface area contributed by atoms with Gasteiger partial charge in [-0.05, 0) is 52.0 Å². The van der Waals surface area contributed by atoms with Crippen LogP contribution in [-0.4, -0.2) is 21.6 Å². The Morgan fingerprint density at radius 3 is 2.80 bits per heavy atom. The summed E-state index contributed by atoms with van der Waals surface area (Å²) in [5.41, 5.74) is 1.10. The molecule has 0 bridgehead atoms. The van der Waals surface area contributed by atoms with E-state index in [1.54, 1.807) is 11.4 Å². The fraction of sp³-hybridized carbons (Fsp3) is 0.231. The minimum absolute atomic E-state index is 0.223. The van der Waals surface area contributed by atoms with Gasteiger partial charge >= 0.3 is 0 Å². The van der Waals surface area contributed by atoms with Crippen molar-refractivity contribution < 1.29 is 13.2 Å². The highest BCUT2D eigenvalue weighted by atomic mass is 79.9. The van der Waals surface area contributed by atoms with Crippen LogP contribution in [0, 0.1) is 6.92 Å². The summed E-state index contributed by atoms with van der Waals surface area (Å²) in [6.45, 7) is 2.48. The minimum atomic E-state index is -3.47. The van der Waals surface area contributed by atoms with Gasteiger partial charge in [-0.1, -0.05) is 12.1 Å². The molecule has 0 amide bonds. The standard InChI is InChI=1S/C13H14BrNO3S2/c1-10-3-2-4-11(9-10)18-7-6-15-20(16,17)13-12(14)5-8-19-13/h2-5,8-9,15H,6-7H2,1H3. The smallest absolute Gasteiger partial charge is 0.251 e. The number of benzene rings is 1. The zero-order valence-electron chi connectivity index (χ0n) is 10.8. The van der Waals surface area contributed by atoms with E-state index in [0.717, 1.165) is 11.3 Å². The third-order valence-electron chi connectivity index (χ3n) is 2.48. The summed E-state index contributed by atoms with van der Waals surface area (Å²) in [6, 6.07) is 9.34. The van der Waals surface area contributed by atoms with Crippen LogP contribution in [0.3, 0.4) is 0 Å². The van der Waals surface area contributed by atoms with Crippen LogP contribution in [0.15, 0.2) is 44.4 Å². The molecule has 0 radical (unpaired) electrons. The van der Waals surface area contributed by atoms with E-state index in [0.29, 0.717) is 4.47 Å². The molecule has 7 heteroatoms. The highest BCUT2D eigenvalue weighted by molar-refractivity contribution is 9.10. The van der Waals surface area contributed by atoms with E-state index >= 15 is 0 Å². The molecule has 0 aliphatic rings. The van der Waals surface area contributed by atoms with E-state index in [1.165, 1.54) is 11.3 Å². The molecule has 1 heterocycles. The van der Waals surface area contributed by atoms with Gasteiger partial charge in [-0.2, -0.15) is 0 Å². The van der Waals surface area contributed by atoms with Crippen LogP contribution in [0.1, 0.15) is 5.56 Å². The van der Waals surface area contributed by atoms with Gasteiger partial charge in [0.05, 0.1) is 0 Å². The van der Waals surface area contributed by atoms with Crippen molar-refractivity contribution in [3.05, 3.63) is 45.7 Å². The van der Waals surface area contributed by atoms with E-state index in [-0.39, 0.29) is 17.4 Å². The zero-order chi connectivity index (χ0) is 14.6. The number of ether oxygens (including phenoxy) is 1. The summed E-state index contributed by atoms with van der Waals surface area (Å²) in [5, 5.41) is 1.72.